The van der Waals surface area contributed by atoms with Crippen LogP contribution in [0, 0.1) is 24.0 Å². The van der Waals surface area contributed by atoms with Crippen LogP contribution in [0.4, 0.5) is 11.4 Å². The van der Waals surface area contributed by atoms with Crippen LogP contribution in [0.5, 0.6) is 0 Å². The first-order chi connectivity index (χ1) is 12.4. The van der Waals surface area contributed by atoms with Crippen LogP contribution in [0.25, 0.3) is 0 Å². The van der Waals surface area contributed by atoms with Crippen molar-refractivity contribution in [1.82, 2.24) is 19.6 Å². The number of nitro groups is 1. The minimum atomic E-state index is -0.522. The van der Waals surface area contributed by atoms with Gasteiger partial charge >= 0.3 is 5.69 Å². The minimum Gasteiger partial charge on any atom is -0.322 e. The van der Waals surface area contributed by atoms with Gasteiger partial charge < -0.3 is 5.32 Å². The normalized spacial score (nSPS) is 10.7. The van der Waals surface area contributed by atoms with Crippen LogP contribution in [-0.2, 0) is 17.9 Å². The fraction of sp³-hybridized carbons (Fsp3) is 0.235. The van der Waals surface area contributed by atoms with Gasteiger partial charge in [0.05, 0.1) is 23.4 Å². The lowest BCUT2D eigenvalue weighted by molar-refractivity contribution is -0.385. The largest absolute Gasteiger partial charge is 0.322 e. The Balaban J connectivity index is 1.60. The smallest absolute Gasteiger partial charge is 0.309 e. The molecule has 2 aromatic heterocycles. The number of benzene rings is 1. The highest BCUT2D eigenvalue weighted by Gasteiger charge is 2.16. The number of anilines is 1. The van der Waals surface area contributed by atoms with Gasteiger partial charge in [-0.2, -0.15) is 10.2 Å². The molecule has 2 heterocycles. The molecular weight excluding hydrogens is 336 g/mol. The Hall–Kier alpha value is -3.49. The van der Waals surface area contributed by atoms with Gasteiger partial charge in [-0.25, -0.2) is 0 Å². The molecule has 3 aromatic rings. The summed E-state index contributed by atoms with van der Waals surface area (Å²) < 4.78 is 2.97. The molecule has 0 aliphatic rings. The molecule has 9 heteroatoms. The average Bonchev–Trinajstić information content (AvgIpc) is 3.16. The Kier molecular flexibility index (Phi) is 4.78. The molecule has 3 rings (SSSR count). The molecule has 26 heavy (non-hydrogen) atoms. The second-order valence-electron chi connectivity index (χ2n) is 6.01. The Morgan fingerprint density at radius 3 is 2.58 bits per heavy atom. The summed E-state index contributed by atoms with van der Waals surface area (Å²) in [6.45, 7) is 4.04. The Labute approximate surface area is 149 Å². The predicted octanol–water partition coefficient (Wildman–Crippen LogP) is 2.29. The van der Waals surface area contributed by atoms with E-state index in [2.05, 4.69) is 15.5 Å². The Morgan fingerprint density at radius 1 is 1.19 bits per heavy atom. The van der Waals surface area contributed by atoms with Gasteiger partial charge in [0.25, 0.3) is 0 Å². The molecule has 0 spiro atoms. The molecule has 1 N–H and O–H groups in total. The SMILES string of the molecule is Cc1ccc(Cn2cc(NC(=O)Cn3cc([N+](=O)[O-])c(C)n3)cn2)cc1. The van der Waals surface area contributed by atoms with E-state index in [1.54, 1.807) is 17.1 Å². The van der Waals surface area contributed by atoms with E-state index in [4.69, 9.17) is 0 Å². The van der Waals surface area contributed by atoms with Crippen LogP contribution in [-0.4, -0.2) is 30.4 Å². The third kappa shape index (κ3) is 4.12. The van der Waals surface area contributed by atoms with Crippen LogP contribution >= 0.6 is 0 Å². The quantitative estimate of drug-likeness (QED) is 0.540. The second kappa shape index (κ2) is 7.18. The molecule has 0 fully saturated rings. The fourth-order valence-corrected chi connectivity index (χ4v) is 2.51. The first-order valence-corrected chi connectivity index (χ1v) is 7.97. The molecular formula is C17H18N6O3. The third-order valence-corrected chi connectivity index (χ3v) is 3.80. The van der Waals surface area contributed by atoms with Gasteiger partial charge in [-0.15, -0.1) is 0 Å². The molecule has 0 aliphatic heterocycles. The van der Waals surface area contributed by atoms with Crippen molar-refractivity contribution < 1.29 is 9.72 Å². The van der Waals surface area contributed by atoms with E-state index in [9.17, 15) is 14.9 Å². The van der Waals surface area contributed by atoms with Crippen molar-refractivity contribution in [2.45, 2.75) is 26.9 Å². The van der Waals surface area contributed by atoms with Gasteiger partial charge in [0.2, 0.25) is 5.91 Å². The van der Waals surface area contributed by atoms with Crippen molar-refractivity contribution in [3.05, 3.63) is 69.8 Å². The summed E-state index contributed by atoms with van der Waals surface area (Å²) in [6, 6.07) is 8.13. The van der Waals surface area contributed by atoms with E-state index in [0.29, 0.717) is 12.2 Å². The van der Waals surface area contributed by atoms with Gasteiger partial charge in [-0.3, -0.25) is 24.3 Å². The molecule has 1 aromatic carbocycles. The number of nitrogens with one attached hydrogen (secondary N) is 1. The number of aromatic nitrogens is 4. The summed E-state index contributed by atoms with van der Waals surface area (Å²) in [4.78, 5) is 22.4. The number of aryl methyl sites for hydroxylation is 2. The van der Waals surface area contributed by atoms with Gasteiger partial charge in [-0.1, -0.05) is 29.8 Å². The van der Waals surface area contributed by atoms with Crippen LogP contribution in [0.1, 0.15) is 16.8 Å². The summed E-state index contributed by atoms with van der Waals surface area (Å²) in [5, 5.41) is 21.7. The molecule has 0 radical (unpaired) electrons. The van der Waals surface area contributed by atoms with Crippen molar-refractivity contribution in [1.29, 1.82) is 0 Å². The van der Waals surface area contributed by atoms with Crippen molar-refractivity contribution >= 4 is 17.3 Å². The molecule has 134 valence electrons. The number of rotatable bonds is 6. The van der Waals surface area contributed by atoms with Gasteiger partial charge in [0.1, 0.15) is 18.4 Å². The zero-order chi connectivity index (χ0) is 18.7. The molecule has 0 unspecified atom stereocenters. The standard InChI is InChI=1S/C17H18N6O3/c1-12-3-5-14(6-4-12)8-21-9-15(7-18-21)19-17(24)11-22-10-16(23(25)26)13(2)20-22/h3-7,9-10H,8,11H2,1-2H3,(H,19,24). The van der Waals surface area contributed by atoms with Gasteiger partial charge in [0.15, 0.2) is 0 Å². The van der Waals surface area contributed by atoms with Crippen molar-refractivity contribution in [3.63, 3.8) is 0 Å². The van der Waals surface area contributed by atoms with E-state index < -0.39 is 4.92 Å². The first-order valence-electron chi connectivity index (χ1n) is 7.97. The summed E-state index contributed by atoms with van der Waals surface area (Å²) in [6.07, 6.45) is 4.53. The molecule has 0 saturated heterocycles. The van der Waals surface area contributed by atoms with E-state index >= 15 is 0 Å². The second-order valence-corrected chi connectivity index (χ2v) is 6.01. The monoisotopic (exact) mass is 354 g/mol. The molecule has 0 aliphatic carbocycles. The lowest BCUT2D eigenvalue weighted by atomic mass is 10.1. The molecule has 0 atom stereocenters. The summed E-state index contributed by atoms with van der Waals surface area (Å²) in [5.41, 5.74) is 3.02. The maximum Gasteiger partial charge on any atom is 0.309 e. The molecule has 9 nitrogen and oxygen atoms in total. The number of carbonyl (C=O) groups is 1. The third-order valence-electron chi connectivity index (χ3n) is 3.80. The number of nitrogens with zero attached hydrogens (tertiary/aromatic N) is 5. The van der Waals surface area contributed by atoms with Crippen LogP contribution in [0.3, 0.4) is 0 Å². The van der Waals surface area contributed by atoms with Gasteiger partial charge in [0, 0.05) is 6.20 Å². The summed E-state index contributed by atoms with van der Waals surface area (Å²) in [7, 11) is 0. The van der Waals surface area contributed by atoms with Crippen LogP contribution in [0.2, 0.25) is 0 Å². The molecule has 0 bridgehead atoms. The first kappa shape index (κ1) is 17.3. The maximum atomic E-state index is 12.1. The number of amides is 1. The number of carbonyl (C=O) groups excluding carboxylic acids is 1. The Bertz CT molecular complexity index is 942. The van der Waals surface area contributed by atoms with E-state index in [1.807, 2.05) is 31.2 Å². The highest BCUT2D eigenvalue weighted by Crippen LogP contribution is 2.15. The lowest BCUT2D eigenvalue weighted by Crippen LogP contribution is -2.18. The van der Waals surface area contributed by atoms with Crippen molar-refractivity contribution in [3.8, 4) is 0 Å². The van der Waals surface area contributed by atoms with E-state index in [-0.39, 0.29) is 23.8 Å². The fourth-order valence-electron chi connectivity index (χ4n) is 2.51. The van der Waals surface area contributed by atoms with Crippen molar-refractivity contribution in [2.75, 3.05) is 5.32 Å². The highest BCUT2D eigenvalue weighted by molar-refractivity contribution is 5.90. The summed E-state index contributed by atoms with van der Waals surface area (Å²) >= 11 is 0. The molecule has 0 saturated carbocycles. The predicted molar refractivity (Wildman–Crippen MR) is 94.8 cm³/mol. The van der Waals surface area contributed by atoms with Crippen LogP contribution < -0.4 is 5.32 Å². The zero-order valence-corrected chi connectivity index (χ0v) is 14.4. The highest BCUT2D eigenvalue weighted by atomic mass is 16.6. The van der Waals surface area contributed by atoms with Gasteiger partial charge in [-0.05, 0) is 19.4 Å². The van der Waals surface area contributed by atoms with Crippen molar-refractivity contribution in [2.24, 2.45) is 0 Å². The number of hydrogen-bond acceptors (Lipinski definition) is 5. The maximum absolute atomic E-state index is 12.1. The molecule has 1 amide bonds. The average molecular weight is 354 g/mol. The lowest BCUT2D eigenvalue weighted by Gasteiger charge is -2.03. The van der Waals surface area contributed by atoms with E-state index in [0.717, 1.165) is 5.56 Å². The zero-order valence-electron chi connectivity index (χ0n) is 14.4. The Morgan fingerprint density at radius 2 is 1.92 bits per heavy atom. The summed E-state index contributed by atoms with van der Waals surface area (Å²) in [5.74, 6) is -0.336. The topological polar surface area (TPSA) is 108 Å². The minimum absolute atomic E-state index is 0.108. The number of hydrogen-bond donors (Lipinski definition) is 1. The van der Waals surface area contributed by atoms with E-state index in [1.165, 1.54) is 23.4 Å². The van der Waals surface area contributed by atoms with Crippen LogP contribution in [0.15, 0.2) is 42.9 Å².